The van der Waals surface area contributed by atoms with E-state index in [4.69, 9.17) is 0 Å². The Morgan fingerprint density at radius 2 is 2.12 bits per heavy atom. The lowest BCUT2D eigenvalue weighted by atomic mass is 9.95. The van der Waals surface area contributed by atoms with Gasteiger partial charge in [-0.1, -0.05) is 0 Å². The van der Waals surface area contributed by atoms with Gasteiger partial charge in [0.25, 0.3) is 0 Å². The molecule has 0 radical (unpaired) electrons. The molecule has 1 fully saturated rings. The number of hydrogen-bond acceptors (Lipinski definition) is 5. The number of piperidine rings is 1. The molecule has 9 heteroatoms. The van der Waals surface area contributed by atoms with Crippen molar-refractivity contribution in [3.63, 3.8) is 0 Å². The second-order valence-electron chi connectivity index (χ2n) is 6.34. The Labute approximate surface area is 149 Å². The predicted octanol–water partition coefficient (Wildman–Crippen LogP) is 1.61. The van der Waals surface area contributed by atoms with Crippen molar-refractivity contribution >= 4 is 5.91 Å². The van der Waals surface area contributed by atoms with E-state index in [2.05, 4.69) is 25.6 Å². The molecule has 1 saturated heterocycles. The van der Waals surface area contributed by atoms with Crippen LogP contribution in [-0.4, -0.2) is 54.3 Å². The molecule has 1 amide bonds. The molecule has 0 saturated carbocycles. The van der Waals surface area contributed by atoms with E-state index >= 15 is 0 Å². The van der Waals surface area contributed by atoms with Crippen LogP contribution < -0.4 is 0 Å². The molecule has 1 N–H and O–H groups in total. The minimum atomic E-state index is -0.326. The Hall–Kier alpha value is -3.10. The number of amides is 1. The molecule has 134 valence electrons. The highest BCUT2D eigenvalue weighted by Crippen LogP contribution is 2.25. The van der Waals surface area contributed by atoms with Gasteiger partial charge in [-0.05, 0) is 48.4 Å². The second kappa shape index (κ2) is 7.03. The van der Waals surface area contributed by atoms with Gasteiger partial charge in [0.1, 0.15) is 12.4 Å². The monoisotopic (exact) mass is 355 g/mol. The summed E-state index contributed by atoms with van der Waals surface area (Å²) < 4.78 is 13.0. The topological polar surface area (TPSA) is 92.6 Å². The zero-order valence-electron chi connectivity index (χ0n) is 14.0. The van der Waals surface area contributed by atoms with Crippen molar-refractivity contribution in [1.29, 1.82) is 0 Å². The molecule has 26 heavy (non-hydrogen) atoms. The second-order valence-corrected chi connectivity index (χ2v) is 6.34. The molecule has 0 unspecified atom stereocenters. The van der Waals surface area contributed by atoms with E-state index in [9.17, 15) is 9.18 Å². The first-order chi connectivity index (χ1) is 12.7. The van der Waals surface area contributed by atoms with Crippen molar-refractivity contribution in [3.8, 4) is 11.4 Å². The van der Waals surface area contributed by atoms with E-state index in [-0.39, 0.29) is 24.2 Å². The number of aromatic amines is 1. The molecule has 3 heterocycles. The van der Waals surface area contributed by atoms with Crippen LogP contribution in [0.2, 0.25) is 0 Å². The normalized spacial score (nSPS) is 17.4. The third-order valence-electron chi connectivity index (χ3n) is 4.57. The van der Waals surface area contributed by atoms with Gasteiger partial charge in [0, 0.05) is 36.5 Å². The molecule has 1 aromatic carbocycles. The number of carbonyl (C=O) groups is 1. The molecule has 0 aliphatic carbocycles. The first-order valence-corrected chi connectivity index (χ1v) is 8.50. The molecule has 2 aromatic heterocycles. The summed E-state index contributed by atoms with van der Waals surface area (Å²) in [6.07, 6.45) is 3.70. The summed E-state index contributed by atoms with van der Waals surface area (Å²) in [4.78, 5) is 15.7. The summed E-state index contributed by atoms with van der Waals surface area (Å²) in [6.45, 7) is 1.41. The number of hydrogen-bond donors (Lipinski definition) is 1. The quantitative estimate of drug-likeness (QED) is 0.767. The standard InChI is InChI=1S/C17H18FN7O/c18-14-5-3-12(4-6-14)17-21-23-25(22-17)11-16(26)24-9-1-2-13(10-24)15-7-8-19-20-15/h3-8,13H,1-2,9-11H2,(H,19,20)/t13-/m0/s1. The Balaban J connectivity index is 1.41. The lowest BCUT2D eigenvalue weighted by Crippen LogP contribution is -2.41. The zero-order chi connectivity index (χ0) is 17.9. The fourth-order valence-electron chi connectivity index (χ4n) is 3.20. The number of rotatable bonds is 4. The minimum Gasteiger partial charge on any atom is -0.340 e. The fourth-order valence-corrected chi connectivity index (χ4v) is 3.20. The van der Waals surface area contributed by atoms with Crippen molar-refractivity contribution in [2.75, 3.05) is 13.1 Å². The van der Waals surface area contributed by atoms with E-state index in [1.165, 1.54) is 16.9 Å². The first-order valence-electron chi connectivity index (χ1n) is 8.50. The minimum absolute atomic E-state index is 0.0316. The average molecular weight is 355 g/mol. The van der Waals surface area contributed by atoms with Crippen LogP contribution in [0.25, 0.3) is 11.4 Å². The highest BCUT2D eigenvalue weighted by atomic mass is 19.1. The number of benzene rings is 1. The lowest BCUT2D eigenvalue weighted by molar-refractivity contribution is -0.133. The van der Waals surface area contributed by atoms with E-state index in [1.807, 2.05) is 11.0 Å². The number of nitrogens with one attached hydrogen (secondary N) is 1. The van der Waals surface area contributed by atoms with Gasteiger partial charge < -0.3 is 4.90 Å². The summed E-state index contributed by atoms with van der Waals surface area (Å²) in [5, 5.41) is 19.1. The zero-order valence-corrected chi connectivity index (χ0v) is 14.0. The highest BCUT2D eigenvalue weighted by Gasteiger charge is 2.26. The molecule has 1 aliphatic heterocycles. The summed E-state index contributed by atoms with van der Waals surface area (Å²) in [7, 11) is 0. The fraction of sp³-hybridized carbons (Fsp3) is 0.353. The molecule has 3 aromatic rings. The Morgan fingerprint density at radius 1 is 1.27 bits per heavy atom. The summed E-state index contributed by atoms with van der Waals surface area (Å²) in [5.41, 5.74) is 1.71. The van der Waals surface area contributed by atoms with E-state index in [1.54, 1.807) is 18.3 Å². The Bertz CT molecular complexity index is 875. The SMILES string of the molecule is O=C(Cn1nnc(-c2ccc(F)cc2)n1)N1CCC[C@H](c2ccn[nH]2)C1. The smallest absolute Gasteiger partial charge is 0.246 e. The third-order valence-corrected chi connectivity index (χ3v) is 4.57. The summed E-state index contributed by atoms with van der Waals surface area (Å²) in [5.74, 6) is 0.269. The van der Waals surface area contributed by atoms with Crippen LogP contribution in [0.5, 0.6) is 0 Å². The van der Waals surface area contributed by atoms with Gasteiger partial charge >= 0.3 is 0 Å². The van der Waals surface area contributed by atoms with Gasteiger partial charge in [0.2, 0.25) is 11.7 Å². The van der Waals surface area contributed by atoms with Crippen molar-refractivity contribution < 1.29 is 9.18 Å². The van der Waals surface area contributed by atoms with Crippen LogP contribution in [0.1, 0.15) is 24.5 Å². The molecule has 1 aliphatic rings. The molecule has 0 spiro atoms. The number of aromatic nitrogens is 6. The molecule has 0 bridgehead atoms. The lowest BCUT2D eigenvalue weighted by Gasteiger charge is -2.32. The van der Waals surface area contributed by atoms with Gasteiger partial charge in [-0.15, -0.1) is 10.2 Å². The highest BCUT2D eigenvalue weighted by molar-refractivity contribution is 5.76. The largest absolute Gasteiger partial charge is 0.340 e. The van der Waals surface area contributed by atoms with Crippen molar-refractivity contribution in [3.05, 3.63) is 48.0 Å². The maximum Gasteiger partial charge on any atom is 0.246 e. The average Bonchev–Trinajstić information content (AvgIpc) is 3.34. The van der Waals surface area contributed by atoms with Gasteiger partial charge in [-0.3, -0.25) is 9.89 Å². The van der Waals surface area contributed by atoms with Crippen LogP contribution in [0.3, 0.4) is 0 Å². The number of carbonyl (C=O) groups excluding carboxylic acids is 1. The summed E-state index contributed by atoms with van der Waals surface area (Å²) >= 11 is 0. The van der Waals surface area contributed by atoms with Gasteiger partial charge in [-0.25, -0.2) is 4.39 Å². The number of likely N-dealkylation sites (tertiary alicyclic amines) is 1. The summed E-state index contributed by atoms with van der Waals surface area (Å²) in [6, 6.07) is 7.79. The van der Waals surface area contributed by atoms with Crippen molar-refractivity contribution in [1.82, 2.24) is 35.3 Å². The number of nitrogens with zero attached hydrogens (tertiary/aromatic N) is 6. The Kier molecular flexibility index (Phi) is 4.42. The maximum atomic E-state index is 13.0. The molecule has 8 nitrogen and oxygen atoms in total. The number of tetrazole rings is 1. The molecule has 4 rings (SSSR count). The van der Waals surface area contributed by atoms with Gasteiger partial charge in [0.15, 0.2) is 0 Å². The number of H-pyrrole nitrogens is 1. The van der Waals surface area contributed by atoms with Crippen LogP contribution in [0.15, 0.2) is 36.5 Å². The Morgan fingerprint density at radius 3 is 2.88 bits per heavy atom. The predicted molar refractivity (Wildman–Crippen MR) is 90.4 cm³/mol. The van der Waals surface area contributed by atoms with Crippen LogP contribution in [0.4, 0.5) is 4.39 Å². The maximum absolute atomic E-state index is 13.0. The van der Waals surface area contributed by atoms with Crippen LogP contribution >= 0.6 is 0 Å². The molecular formula is C17H18FN7O. The third kappa shape index (κ3) is 3.46. The van der Waals surface area contributed by atoms with Crippen molar-refractivity contribution in [2.24, 2.45) is 0 Å². The van der Waals surface area contributed by atoms with E-state index < -0.39 is 0 Å². The van der Waals surface area contributed by atoms with Crippen molar-refractivity contribution in [2.45, 2.75) is 25.3 Å². The van der Waals surface area contributed by atoms with Crippen LogP contribution in [0, 0.1) is 5.82 Å². The number of halogens is 1. The molecule has 1 atom stereocenters. The van der Waals surface area contributed by atoms with Gasteiger partial charge in [-0.2, -0.15) is 9.90 Å². The molecular weight excluding hydrogens is 337 g/mol. The van der Waals surface area contributed by atoms with Gasteiger partial charge in [0.05, 0.1) is 0 Å². The first kappa shape index (κ1) is 16.4. The van der Waals surface area contributed by atoms with Crippen LogP contribution in [-0.2, 0) is 11.3 Å². The van der Waals surface area contributed by atoms with E-state index in [0.717, 1.165) is 25.1 Å². The van der Waals surface area contributed by atoms with E-state index in [0.29, 0.717) is 17.9 Å².